The smallest absolute Gasteiger partial charge is 0.289 e. The molecule has 3 rings (SSSR count). The van der Waals surface area contributed by atoms with Crippen LogP contribution in [0.5, 0.6) is 0 Å². The van der Waals surface area contributed by atoms with Crippen molar-refractivity contribution in [3.63, 3.8) is 0 Å². The van der Waals surface area contributed by atoms with Gasteiger partial charge in [0.2, 0.25) is 0 Å². The number of ether oxygens (including phenoxy) is 1. The first-order valence-corrected chi connectivity index (χ1v) is 9.62. The van der Waals surface area contributed by atoms with Crippen LogP contribution in [0.2, 0.25) is 0 Å². The maximum absolute atomic E-state index is 13.2. The van der Waals surface area contributed by atoms with Crippen LogP contribution in [0.25, 0.3) is 0 Å². The Kier molecular flexibility index (Phi) is 7.18. The van der Waals surface area contributed by atoms with Gasteiger partial charge in [-0.05, 0) is 24.1 Å². The molecule has 8 nitrogen and oxygen atoms in total. The van der Waals surface area contributed by atoms with Gasteiger partial charge < -0.3 is 14.7 Å². The summed E-state index contributed by atoms with van der Waals surface area (Å²) in [6, 6.07) is 5.74. The average Bonchev–Trinajstić information content (AvgIpc) is 2.99. The third-order valence-electron chi connectivity index (χ3n) is 4.92. The number of likely N-dealkylation sites (N-methyl/N-ethyl adjacent to an activating group) is 1. The minimum absolute atomic E-state index is 0.00668. The van der Waals surface area contributed by atoms with Crippen LogP contribution in [0.3, 0.4) is 0 Å². The summed E-state index contributed by atoms with van der Waals surface area (Å²) in [6.07, 6.45) is 0.705. The zero-order chi connectivity index (χ0) is 20.8. The number of morpholine rings is 1. The SMILES string of the molecule is CN1CC(C(=O)N(Cc2ccc(F)cc2)OCCCN2CCOCC2)=C(O)C1=O. The predicted octanol–water partition coefficient (Wildman–Crippen LogP) is 1.09. The lowest BCUT2D eigenvalue weighted by Crippen LogP contribution is -2.38. The van der Waals surface area contributed by atoms with Crippen molar-refractivity contribution in [3.05, 3.63) is 47.0 Å². The maximum Gasteiger partial charge on any atom is 0.289 e. The lowest BCUT2D eigenvalue weighted by Gasteiger charge is -2.27. The van der Waals surface area contributed by atoms with Crippen molar-refractivity contribution in [2.45, 2.75) is 13.0 Å². The minimum Gasteiger partial charge on any atom is -0.503 e. The number of halogens is 1. The number of aliphatic hydroxyl groups excluding tert-OH is 1. The van der Waals surface area contributed by atoms with Crippen molar-refractivity contribution in [2.75, 3.05) is 53.0 Å². The molecule has 0 spiro atoms. The Morgan fingerprint density at radius 3 is 2.59 bits per heavy atom. The molecule has 2 aliphatic heterocycles. The summed E-state index contributed by atoms with van der Waals surface area (Å²) < 4.78 is 18.5. The lowest BCUT2D eigenvalue weighted by molar-refractivity contribution is -0.187. The van der Waals surface area contributed by atoms with E-state index in [9.17, 15) is 19.1 Å². The second-order valence-corrected chi connectivity index (χ2v) is 7.10. The van der Waals surface area contributed by atoms with Gasteiger partial charge in [0.05, 0.1) is 38.5 Å². The van der Waals surface area contributed by atoms with Gasteiger partial charge in [-0.25, -0.2) is 9.45 Å². The van der Waals surface area contributed by atoms with E-state index in [4.69, 9.17) is 9.57 Å². The van der Waals surface area contributed by atoms with Crippen LogP contribution in [0.15, 0.2) is 35.6 Å². The largest absolute Gasteiger partial charge is 0.503 e. The molecule has 2 heterocycles. The molecule has 1 aromatic rings. The standard InChI is InChI=1S/C20H26FN3O5/c1-22-14-17(18(25)20(22)27)19(26)24(13-15-3-5-16(21)6-4-15)29-10-2-7-23-8-11-28-12-9-23/h3-6,25H,2,7-14H2,1H3. The molecule has 9 heteroatoms. The third kappa shape index (κ3) is 5.53. The van der Waals surface area contributed by atoms with Gasteiger partial charge in [0.15, 0.2) is 5.76 Å². The summed E-state index contributed by atoms with van der Waals surface area (Å²) in [5, 5.41) is 11.1. The number of carbonyl (C=O) groups excluding carboxylic acids is 2. The zero-order valence-corrected chi connectivity index (χ0v) is 16.5. The summed E-state index contributed by atoms with van der Waals surface area (Å²) in [5.74, 6) is -2.10. The summed E-state index contributed by atoms with van der Waals surface area (Å²) in [5.41, 5.74) is 0.665. The van der Waals surface area contributed by atoms with Crippen molar-refractivity contribution in [3.8, 4) is 0 Å². The van der Waals surface area contributed by atoms with Crippen molar-refractivity contribution in [1.29, 1.82) is 0 Å². The highest BCUT2D eigenvalue weighted by Crippen LogP contribution is 2.19. The number of aliphatic hydroxyl groups is 1. The average molecular weight is 407 g/mol. The Bertz CT molecular complexity index is 762. The van der Waals surface area contributed by atoms with Crippen LogP contribution < -0.4 is 0 Å². The van der Waals surface area contributed by atoms with Gasteiger partial charge in [0.25, 0.3) is 11.8 Å². The maximum atomic E-state index is 13.2. The molecule has 0 aromatic heterocycles. The molecule has 158 valence electrons. The molecule has 1 N–H and O–H groups in total. The zero-order valence-electron chi connectivity index (χ0n) is 16.5. The van der Waals surface area contributed by atoms with E-state index in [1.165, 1.54) is 24.1 Å². The monoisotopic (exact) mass is 407 g/mol. The van der Waals surface area contributed by atoms with Crippen LogP contribution in [0.1, 0.15) is 12.0 Å². The van der Waals surface area contributed by atoms with E-state index in [0.717, 1.165) is 24.7 Å². The molecule has 0 aliphatic carbocycles. The number of amides is 2. The Balaban J connectivity index is 1.63. The van der Waals surface area contributed by atoms with Gasteiger partial charge in [-0.2, -0.15) is 0 Å². The number of hydrogen-bond donors (Lipinski definition) is 1. The van der Waals surface area contributed by atoms with Crippen molar-refractivity contribution < 1.29 is 28.7 Å². The molecule has 0 bridgehead atoms. The summed E-state index contributed by atoms with van der Waals surface area (Å²) in [6.45, 7) is 4.36. The Labute approximate surface area is 169 Å². The number of hydrogen-bond acceptors (Lipinski definition) is 6. The molecule has 29 heavy (non-hydrogen) atoms. The van der Waals surface area contributed by atoms with Crippen molar-refractivity contribution in [1.82, 2.24) is 14.9 Å². The molecular formula is C20H26FN3O5. The van der Waals surface area contributed by atoms with Gasteiger partial charge in [-0.1, -0.05) is 12.1 Å². The molecule has 0 unspecified atom stereocenters. The molecule has 2 amide bonds. The highest BCUT2D eigenvalue weighted by Gasteiger charge is 2.34. The Morgan fingerprint density at radius 2 is 1.97 bits per heavy atom. The number of carbonyl (C=O) groups is 2. The topological polar surface area (TPSA) is 82.6 Å². The first kappa shape index (κ1) is 21.2. The van der Waals surface area contributed by atoms with E-state index in [2.05, 4.69) is 4.90 Å². The van der Waals surface area contributed by atoms with Crippen LogP contribution in [-0.4, -0.2) is 84.8 Å². The van der Waals surface area contributed by atoms with Crippen LogP contribution in [-0.2, 0) is 25.7 Å². The van der Waals surface area contributed by atoms with E-state index in [1.807, 2.05) is 0 Å². The number of benzene rings is 1. The van der Waals surface area contributed by atoms with Gasteiger partial charge in [-0.15, -0.1) is 0 Å². The van der Waals surface area contributed by atoms with Crippen molar-refractivity contribution in [2.24, 2.45) is 0 Å². The highest BCUT2D eigenvalue weighted by atomic mass is 19.1. The van der Waals surface area contributed by atoms with Gasteiger partial charge >= 0.3 is 0 Å². The predicted molar refractivity (Wildman–Crippen MR) is 102 cm³/mol. The molecule has 0 radical (unpaired) electrons. The van der Waals surface area contributed by atoms with E-state index in [-0.39, 0.29) is 24.5 Å². The molecular weight excluding hydrogens is 381 g/mol. The molecule has 1 saturated heterocycles. The fourth-order valence-corrected chi connectivity index (χ4v) is 3.23. The fraction of sp³-hybridized carbons (Fsp3) is 0.500. The third-order valence-corrected chi connectivity index (χ3v) is 4.92. The first-order valence-electron chi connectivity index (χ1n) is 9.62. The molecule has 0 atom stereocenters. The van der Waals surface area contributed by atoms with Gasteiger partial charge in [0, 0.05) is 26.7 Å². The molecule has 2 aliphatic rings. The van der Waals surface area contributed by atoms with Crippen molar-refractivity contribution >= 4 is 11.8 Å². The highest BCUT2D eigenvalue weighted by molar-refractivity contribution is 6.06. The van der Waals surface area contributed by atoms with E-state index >= 15 is 0 Å². The summed E-state index contributed by atoms with van der Waals surface area (Å²) in [4.78, 5) is 34.0. The molecule has 1 aromatic carbocycles. The second-order valence-electron chi connectivity index (χ2n) is 7.10. The van der Waals surface area contributed by atoms with E-state index in [1.54, 1.807) is 12.1 Å². The summed E-state index contributed by atoms with van der Waals surface area (Å²) >= 11 is 0. The fourth-order valence-electron chi connectivity index (χ4n) is 3.23. The first-order chi connectivity index (χ1) is 14.0. The molecule has 0 saturated carbocycles. The number of rotatable bonds is 8. The lowest BCUT2D eigenvalue weighted by atomic mass is 10.2. The Hall–Kier alpha value is -2.49. The second kappa shape index (κ2) is 9.82. The normalized spacial score (nSPS) is 17.9. The molecule has 1 fully saturated rings. The minimum atomic E-state index is -0.595. The Morgan fingerprint density at radius 1 is 1.28 bits per heavy atom. The van der Waals surface area contributed by atoms with Crippen LogP contribution in [0.4, 0.5) is 4.39 Å². The van der Waals surface area contributed by atoms with Crippen LogP contribution >= 0.6 is 0 Å². The van der Waals surface area contributed by atoms with Crippen LogP contribution in [0, 0.1) is 5.82 Å². The number of nitrogens with zero attached hydrogens (tertiary/aromatic N) is 3. The van der Waals surface area contributed by atoms with Gasteiger partial charge in [-0.3, -0.25) is 19.3 Å². The summed E-state index contributed by atoms with van der Waals surface area (Å²) in [7, 11) is 1.51. The van der Waals surface area contributed by atoms with E-state index in [0.29, 0.717) is 31.8 Å². The quantitative estimate of drug-likeness (QED) is 0.513. The number of hydroxylamine groups is 2. The van der Waals surface area contributed by atoms with Gasteiger partial charge in [0.1, 0.15) is 5.82 Å². The van der Waals surface area contributed by atoms with E-state index < -0.39 is 17.6 Å².